The molecule has 1 N–H and O–H groups in total. The fourth-order valence-corrected chi connectivity index (χ4v) is 2.64. The lowest BCUT2D eigenvalue weighted by atomic mass is 10.1. The van der Waals surface area contributed by atoms with Crippen LogP contribution in [0.2, 0.25) is 0 Å². The van der Waals surface area contributed by atoms with E-state index in [1.807, 2.05) is 6.92 Å². The first-order valence-electron chi connectivity index (χ1n) is 9.57. The lowest BCUT2D eigenvalue weighted by molar-refractivity contribution is -0.137. The Morgan fingerprint density at radius 1 is 1.13 bits per heavy atom. The minimum absolute atomic E-state index is 0.00943. The maximum absolute atomic E-state index is 13.2. The van der Waals surface area contributed by atoms with Gasteiger partial charge < -0.3 is 14.8 Å². The summed E-state index contributed by atoms with van der Waals surface area (Å²) in [6.07, 6.45) is 0.316. The number of alkyl halides is 3. The molecule has 4 nitrogen and oxygen atoms in total. The summed E-state index contributed by atoms with van der Waals surface area (Å²) >= 11 is 0. The van der Waals surface area contributed by atoms with E-state index in [1.54, 1.807) is 56.3 Å². The van der Waals surface area contributed by atoms with E-state index in [1.165, 1.54) is 0 Å². The van der Waals surface area contributed by atoms with Gasteiger partial charge in [-0.1, -0.05) is 18.2 Å². The van der Waals surface area contributed by atoms with Crippen molar-refractivity contribution >= 4 is 5.91 Å². The summed E-state index contributed by atoms with van der Waals surface area (Å²) in [5, 5.41) is 2.60. The summed E-state index contributed by atoms with van der Waals surface area (Å²) in [5.74, 6) is 0.229. The fourth-order valence-electron chi connectivity index (χ4n) is 2.64. The first-order valence-corrected chi connectivity index (χ1v) is 9.57. The van der Waals surface area contributed by atoms with Crippen LogP contribution in [0.25, 0.3) is 0 Å². The van der Waals surface area contributed by atoms with E-state index in [2.05, 4.69) is 11.9 Å². The van der Waals surface area contributed by atoms with Crippen molar-refractivity contribution in [3.63, 3.8) is 0 Å². The second kappa shape index (κ2) is 10.5. The molecular weight excluding hydrogens is 407 g/mol. The fraction of sp³-hybridized carbons (Fsp3) is 0.208. The number of nitrogens with one attached hydrogen (secondary N) is 1. The topological polar surface area (TPSA) is 47.6 Å². The molecule has 0 aliphatic heterocycles. The third-order valence-corrected chi connectivity index (χ3v) is 3.92. The predicted octanol–water partition coefficient (Wildman–Crippen LogP) is 6.66. The molecule has 0 saturated heterocycles. The van der Waals surface area contributed by atoms with Gasteiger partial charge in [-0.05, 0) is 75.4 Å². The van der Waals surface area contributed by atoms with Crippen molar-refractivity contribution in [3.05, 3.63) is 89.7 Å². The summed E-state index contributed by atoms with van der Waals surface area (Å²) in [6.45, 7) is 9.59. The number of carbonyl (C=O) groups is 1. The molecule has 0 bridgehead atoms. The molecule has 0 saturated carbocycles. The molecule has 0 spiro atoms. The molecular formula is C24H24F3NO3. The minimum Gasteiger partial charge on any atom is -0.494 e. The average molecular weight is 431 g/mol. The molecule has 164 valence electrons. The normalized spacial score (nSPS) is 12.0. The molecule has 1 amide bonds. The smallest absolute Gasteiger partial charge is 0.416 e. The quantitative estimate of drug-likeness (QED) is 0.475. The van der Waals surface area contributed by atoms with Gasteiger partial charge in [0.1, 0.15) is 17.2 Å². The number of amides is 1. The molecule has 2 rings (SSSR count). The zero-order chi connectivity index (χ0) is 23.0. The van der Waals surface area contributed by atoms with E-state index in [-0.39, 0.29) is 11.3 Å². The summed E-state index contributed by atoms with van der Waals surface area (Å²) in [7, 11) is 0. The van der Waals surface area contributed by atoms with Crippen molar-refractivity contribution in [1.82, 2.24) is 5.32 Å². The van der Waals surface area contributed by atoms with E-state index in [0.717, 1.165) is 18.2 Å². The lowest BCUT2D eigenvalue weighted by Gasteiger charge is -2.15. The van der Waals surface area contributed by atoms with Crippen LogP contribution in [0.4, 0.5) is 13.2 Å². The summed E-state index contributed by atoms with van der Waals surface area (Å²) in [5.41, 5.74) is -0.137. The van der Waals surface area contributed by atoms with Gasteiger partial charge in [-0.2, -0.15) is 13.2 Å². The van der Waals surface area contributed by atoms with E-state index in [4.69, 9.17) is 9.47 Å². The van der Waals surface area contributed by atoms with Crippen molar-refractivity contribution < 1.29 is 27.4 Å². The third-order valence-electron chi connectivity index (χ3n) is 3.92. The van der Waals surface area contributed by atoms with Gasteiger partial charge in [0, 0.05) is 5.70 Å². The van der Waals surface area contributed by atoms with Gasteiger partial charge in [0.15, 0.2) is 0 Å². The highest BCUT2D eigenvalue weighted by atomic mass is 19.4. The first kappa shape index (κ1) is 23.8. The van der Waals surface area contributed by atoms with Gasteiger partial charge >= 0.3 is 6.18 Å². The van der Waals surface area contributed by atoms with E-state index in [9.17, 15) is 18.0 Å². The van der Waals surface area contributed by atoms with Crippen LogP contribution in [0.15, 0.2) is 78.5 Å². The largest absolute Gasteiger partial charge is 0.494 e. The van der Waals surface area contributed by atoms with Gasteiger partial charge in [0.25, 0.3) is 5.91 Å². The first-order chi connectivity index (χ1) is 14.6. The van der Waals surface area contributed by atoms with Crippen LogP contribution >= 0.6 is 0 Å². The molecule has 0 fully saturated rings. The number of benzene rings is 2. The molecule has 2 aromatic carbocycles. The average Bonchev–Trinajstić information content (AvgIpc) is 2.68. The number of hydrogen-bond donors (Lipinski definition) is 1. The van der Waals surface area contributed by atoms with Gasteiger partial charge in [-0.25, -0.2) is 0 Å². The van der Waals surface area contributed by atoms with Crippen LogP contribution in [0.1, 0.15) is 36.7 Å². The lowest BCUT2D eigenvalue weighted by Crippen LogP contribution is -2.23. The highest BCUT2D eigenvalue weighted by Crippen LogP contribution is 2.34. The Hall–Kier alpha value is -3.48. The van der Waals surface area contributed by atoms with Gasteiger partial charge in [-0.15, -0.1) is 0 Å². The Bertz CT molecular complexity index is 990. The number of ether oxygens (including phenoxy) is 2. The predicted molar refractivity (Wildman–Crippen MR) is 114 cm³/mol. The van der Waals surface area contributed by atoms with E-state index >= 15 is 0 Å². The Morgan fingerprint density at radius 2 is 1.77 bits per heavy atom. The zero-order valence-electron chi connectivity index (χ0n) is 17.5. The molecule has 0 aliphatic rings. The molecule has 2 aromatic rings. The van der Waals surface area contributed by atoms with E-state index < -0.39 is 17.6 Å². The number of carbonyl (C=O) groups excluding carboxylic acids is 1. The number of rotatable bonds is 8. The molecule has 0 unspecified atom stereocenters. The van der Waals surface area contributed by atoms with Crippen LogP contribution in [-0.4, -0.2) is 12.5 Å². The SMILES string of the molecule is C=C(C)/C=C(\C=CC)NC(=O)c1cc(C(F)(F)F)ccc1Oc1ccc(OCC)cc1. The molecule has 31 heavy (non-hydrogen) atoms. The third kappa shape index (κ3) is 7.06. The molecule has 0 radical (unpaired) electrons. The zero-order valence-corrected chi connectivity index (χ0v) is 17.5. The second-order valence-electron chi connectivity index (χ2n) is 6.62. The molecule has 0 aromatic heterocycles. The molecule has 0 aliphatic carbocycles. The van der Waals surface area contributed by atoms with Gasteiger partial charge in [-0.3, -0.25) is 4.79 Å². The Balaban J connectivity index is 2.42. The van der Waals surface area contributed by atoms with Crippen molar-refractivity contribution in [2.24, 2.45) is 0 Å². The van der Waals surface area contributed by atoms with Crippen LogP contribution in [0, 0.1) is 0 Å². The van der Waals surface area contributed by atoms with Gasteiger partial charge in [0.05, 0.1) is 17.7 Å². The Labute approximate surface area is 179 Å². The van der Waals surface area contributed by atoms with Crippen LogP contribution in [0.5, 0.6) is 17.2 Å². The molecule has 0 heterocycles. The van der Waals surface area contributed by atoms with Crippen LogP contribution in [-0.2, 0) is 6.18 Å². The second-order valence-corrected chi connectivity index (χ2v) is 6.62. The Kier molecular flexibility index (Phi) is 8.07. The monoisotopic (exact) mass is 431 g/mol. The van der Waals surface area contributed by atoms with Crippen molar-refractivity contribution in [1.29, 1.82) is 0 Å². The highest BCUT2D eigenvalue weighted by molar-refractivity contribution is 5.98. The number of hydrogen-bond acceptors (Lipinski definition) is 3. The number of allylic oxidation sites excluding steroid dienone is 4. The standard InChI is InChI=1S/C24H24F3NO3/c1-5-7-18(14-16(3)4)28-23(29)21-15-17(24(25,26)27)8-13-22(21)31-20-11-9-19(10-12-20)30-6-2/h5,7-15H,3,6H2,1-2,4H3,(H,28,29)/b7-5?,18-14+. The summed E-state index contributed by atoms with van der Waals surface area (Å²) in [6, 6.07) is 9.33. The maximum Gasteiger partial charge on any atom is 0.416 e. The van der Waals surface area contributed by atoms with E-state index in [0.29, 0.717) is 29.4 Å². The molecule has 7 heteroatoms. The van der Waals surface area contributed by atoms with Crippen molar-refractivity contribution in [2.75, 3.05) is 6.61 Å². The van der Waals surface area contributed by atoms with Crippen LogP contribution in [0.3, 0.4) is 0 Å². The maximum atomic E-state index is 13.2. The highest BCUT2D eigenvalue weighted by Gasteiger charge is 2.32. The van der Waals surface area contributed by atoms with Crippen LogP contribution < -0.4 is 14.8 Å². The minimum atomic E-state index is -4.60. The Morgan fingerprint density at radius 3 is 2.32 bits per heavy atom. The van der Waals surface area contributed by atoms with Crippen molar-refractivity contribution in [3.8, 4) is 17.2 Å². The summed E-state index contributed by atoms with van der Waals surface area (Å²) in [4.78, 5) is 12.9. The van der Waals surface area contributed by atoms with Gasteiger partial charge in [0.2, 0.25) is 0 Å². The van der Waals surface area contributed by atoms with Crippen molar-refractivity contribution in [2.45, 2.75) is 26.9 Å². The summed E-state index contributed by atoms with van der Waals surface area (Å²) < 4.78 is 50.8. The number of halogens is 3. The molecule has 0 atom stereocenters.